The third-order valence-electron chi connectivity index (χ3n) is 5.53. The maximum absolute atomic E-state index is 12.2. The van der Waals surface area contributed by atoms with Gasteiger partial charge in [-0.1, -0.05) is 77.9 Å². The Labute approximate surface area is 253 Å². The van der Waals surface area contributed by atoms with E-state index in [-0.39, 0.29) is 12.4 Å². The molecule has 2 aromatic carbocycles. The number of anilines is 1. The second-order valence-electron chi connectivity index (χ2n) is 8.50. The molecule has 3 aromatic rings. The van der Waals surface area contributed by atoms with Gasteiger partial charge in [-0.2, -0.15) is 4.98 Å². The number of nitrogens with two attached hydrogens (primary N) is 1. The van der Waals surface area contributed by atoms with Gasteiger partial charge in [0, 0.05) is 24.7 Å². The summed E-state index contributed by atoms with van der Waals surface area (Å²) in [6, 6.07) is 18.7. The van der Waals surface area contributed by atoms with Crippen LogP contribution in [0.15, 0.2) is 60.7 Å². The lowest BCUT2D eigenvalue weighted by Crippen LogP contribution is -2.57. The van der Waals surface area contributed by atoms with Crippen molar-refractivity contribution in [2.24, 2.45) is 5.73 Å². The molecule has 3 rings (SSSR count). The minimum absolute atomic E-state index is 0.167. The van der Waals surface area contributed by atoms with Gasteiger partial charge in [0.2, 0.25) is 11.8 Å². The summed E-state index contributed by atoms with van der Waals surface area (Å²) in [5, 5.41) is 19.3. The van der Waals surface area contributed by atoms with Crippen LogP contribution in [0.5, 0.6) is 23.3 Å². The number of amidine groups is 1. The van der Waals surface area contributed by atoms with E-state index in [1.54, 1.807) is 25.9 Å². The van der Waals surface area contributed by atoms with Crippen molar-refractivity contribution in [3.63, 3.8) is 0 Å². The Hall–Kier alpha value is -4.11. The van der Waals surface area contributed by atoms with E-state index in [0.29, 0.717) is 28.9 Å². The summed E-state index contributed by atoms with van der Waals surface area (Å²) >= 11 is 0. The minimum atomic E-state index is -1.21. The monoisotopic (exact) mass is 583 g/mol. The number of aliphatic carboxylic acids is 1. The first-order chi connectivity index (χ1) is 20.0. The fraction of sp³-hybridized carbons (Fsp3) is 0.424. The predicted molar refractivity (Wildman–Crippen MR) is 177 cm³/mol. The van der Waals surface area contributed by atoms with Crippen LogP contribution in [-0.2, 0) is 4.79 Å². The fourth-order valence-corrected chi connectivity index (χ4v) is 3.57. The van der Waals surface area contributed by atoms with Gasteiger partial charge in [0.1, 0.15) is 17.0 Å². The zero-order valence-corrected chi connectivity index (χ0v) is 27.6. The average Bonchev–Trinajstić information content (AvgIpc) is 2.99. The highest BCUT2D eigenvalue weighted by molar-refractivity contribution is 5.85. The first kappa shape index (κ1) is 40.0. The Morgan fingerprint density at radius 2 is 1.24 bits per heavy atom. The fourth-order valence-electron chi connectivity index (χ4n) is 3.57. The van der Waals surface area contributed by atoms with Crippen LogP contribution in [0.25, 0.3) is 0 Å². The lowest BCUT2D eigenvalue weighted by Gasteiger charge is -2.38. The number of nitrogens with one attached hydrogen (secondary N) is 2. The quantitative estimate of drug-likeness (QED) is 0.148. The molecule has 0 fully saturated rings. The number of carboxylic acids is 1. The smallest absolute Gasteiger partial charge is 0.330 e. The van der Waals surface area contributed by atoms with Gasteiger partial charge in [-0.05, 0) is 59.0 Å². The number of aromatic nitrogens is 1. The van der Waals surface area contributed by atoms with Gasteiger partial charge in [-0.3, -0.25) is 5.41 Å². The summed E-state index contributed by atoms with van der Waals surface area (Å²) < 4.78 is 12.2. The largest absolute Gasteiger partial charge is 0.479 e. The molecule has 9 heteroatoms. The van der Waals surface area contributed by atoms with Crippen LogP contribution in [-0.4, -0.2) is 48.1 Å². The summed E-state index contributed by atoms with van der Waals surface area (Å²) in [4.78, 5) is 18.6. The third-order valence-corrected chi connectivity index (χ3v) is 5.53. The van der Waals surface area contributed by atoms with E-state index in [1.165, 1.54) is 6.92 Å². The molecule has 1 atom stereocenters. The molecule has 0 spiro atoms. The number of likely N-dealkylation sites (N-methyl/N-ethyl adjacent to an activating group) is 2. The van der Waals surface area contributed by atoms with Crippen molar-refractivity contribution in [3.05, 3.63) is 71.8 Å². The molecular formula is C33H53N5O4. The maximum atomic E-state index is 12.2. The van der Waals surface area contributed by atoms with Crippen molar-refractivity contribution in [2.45, 2.75) is 74.8 Å². The van der Waals surface area contributed by atoms with Gasteiger partial charge >= 0.3 is 5.97 Å². The Bertz CT molecular complexity index is 1100. The van der Waals surface area contributed by atoms with Crippen molar-refractivity contribution in [1.82, 2.24) is 10.3 Å². The molecule has 0 aliphatic carbocycles. The lowest BCUT2D eigenvalue weighted by atomic mass is 9.97. The van der Waals surface area contributed by atoms with E-state index in [4.69, 9.17) is 20.6 Å². The normalized spacial score (nSPS) is 10.7. The number of ether oxygens (including phenoxy) is 2. The highest BCUT2D eigenvalue weighted by Crippen LogP contribution is 2.40. The molecule has 0 saturated carbocycles. The Morgan fingerprint density at radius 1 is 0.905 bits per heavy atom. The number of carboxylic acid groups (broad SMARTS) is 1. The standard InChI is InChI=1S/C25H29N3O4.C2H6N2.3C2H6/c1-17-21(28(5)25(3,16-26-4)24(29)30)18(2)23(32-20-14-10-7-11-15-20)27-22(17)31-19-12-8-6-9-13-19;1-2(3)4;3*1-2/h6-15,26H,16H2,1-5H3,(H,29,30);1H3,(H3,3,4);3*1-2H3. The van der Waals surface area contributed by atoms with Gasteiger partial charge in [0.15, 0.2) is 0 Å². The number of carbonyl (C=O) groups is 1. The highest BCUT2D eigenvalue weighted by Gasteiger charge is 2.39. The minimum Gasteiger partial charge on any atom is -0.479 e. The summed E-state index contributed by atoms with van der Waals surface area (Å²) in [6.45, 7) is 19.2. The highest BCUT2D eigenvalue weighted by atomic mass is 16.5. The maximum Gasteiger partial charge on any atom is 0.330 e. The molecule has 234 valence electrons. The van der Waals surface area contributed by atoms with Crippen LogP contribution in [0.2, 0.25) is 0 Å². The van der Waals surface area contributed by atoms with E-state index in [0.717, 1.165) is 11.1 Å². The number of para-hydroxylation sites is 2. The summed E-state index contributed by atoms with van der Waals surface area (Å²) in [7, 11) is 3.49. The van der Waals surface area contributed by atoms with Gasteiger partial charge in [-0.15, -0.1) is 0 Å². The van der Waals surface area contributed by atoms with Crippen molar-refractivity contribution in [2.75, 3.05) is 25.5 Å². The summed E-state index contributed by atoms with van der Waals surface area (Å²) in [6.07, 6.45) is 0. The zero-order chi connectivity index (χ0) is 32.9. The molecule has 1 unspecified atom stereocenters. The lowest BCUT2D eigenvalue weighted by molar-refractivity contribution is -0.142. The van der Waals surface area contributed by atoms with Crippen LogP contribution in [0, 0.1) is 19.3 Å². The summed E-state index contributed by atoms with van der Waals surface area (Å²) in [5.74, 6) is 1.18. The van der Waals surface area contributed by atoms with Crippen molar-refractivity contribution >= 4 is 17.5 Å². The number of rotatable bonds is 9. The first-order valence-corrected chi connectivity index (χ1v) is 14.4. The number of hydrogen-bond donors (Lipinski definition) is 4. The molecule has 5 N–H and O–H groups in total. The number of hydrogen-bond acceptors (Lipinski definition) is 7. The van der Waals surface area contributed by atoms with Gasteiger partial charge in [0.25, 0.3) is 0 Å². The predicted octanol–water partition coefficient (Wildman–Crippen LogP) is 7.80. The van der Waals surface area contributed by atoms with Crippen LogP contribution >= 0.6 is 0 Å². The van der Waals surface area contributed by atoms with E-state index in [1.807, 2.05) is 116 Å². The molecule has 1 heterocycles. The van der Waals surface area contributed by atoms with Crippen LogP contribution in [0.3, 0.4) is 0 Å². The molecule has 0 amide bonds. The van der Waals surface area contributed by atoms with Crippen LogP contribution < -0.4 is 25.4 Å². The molecule has 0 saturated heterocycles. The molecular weight excluding hydrogens is 530 g/mol. The van der Waals surface area contributed by atoms with Gasteiger partial charge in [0.05, 0.1) is 11.5 Å². The summed E-state index contributed by atoms with van der Waals surface area (Å²) in [5.41, 5.74) is 5.62. The zero-order valence-electron chi connectivity index (χ0n) is 27.6. The van der Waals surface area contributed by atoms with E-state index in [2.05, 4.69) is 10.3 Å². The van der Waals surface area contributed by atoms with Crippen molar-refractivity contribution < 1.29 is 19.4 Å². The number of benzene rings is 2. The van der Waals surface area contributed by atoms with Gasteiger partial charge < -0.3 is 30.5 Å². The Morgan fingerprint density at radius 3 is 1.52 bits per heavy atom. The molecule has 1 aromatic heterocycles. The first-order valence-electron chi connectivity index (χ1n) is 14.4. The van der Waals surface area contributed by atoms with E-state index < -0.39 is 11.5 Å². The topological polar surface area (TPSA) is 134 Å². The molecule has 42 heavy (non-hydrogen) atoms. The molecule has 0 bridgehead atoms. The van der Waals surface area contributed by atoms with E-state index >= 15 is 0 Å². The Balaban J connectivity index is 0. The molecule has 0 aliphatic rings. The van der Waals surface area contributed by atoms with Crippen LogP contribution in [0.4, 0.5) is 5.69 Å². The number of pyridine rings is 1. The second-order valence-corrected chi connectivity index (χ2v) is 8.50. The number of nitrogens with zero attached hydrogens (tertiary/aromatic N) is 2. The Kier molecular flexibility index (Phi) is 20.6. The molecule has 0 aliphatic heterocycles. The van der Waals surface area contributed by atoms with Gasteiger partial charge in [-0.25, -0.2) is 4.79 Å². The van der Waals surface area contributed by atoms with E-state index in [9.17, 15) is 9.90 Å². The van der Waals surface area contributed by atoms with Crippen LogP contribution in [0.1, 0.15) is 66.5 Å². The SMILES string of the molecule is CC.CC.CC.CC(=N)N.CNCC(C)(C(=O)O)N(C)c1c(C)c(Oc2ccccc2)nc(Oc2ccccc2)c1C. The van der Waals surface area contributed by atoms with Crippen molar-refractivity contribution in [3.8, 4) is 23.3 Å². The molecule has 0 radical (unpaired) electrons. The molecule has 9 nitrogen and oxygen atoms in total. The third kappa shape index (κ3) is 12.2. The van der Waals surface area contributed by atoms with Crippen molar-refractivity contribution in [1.29, 1.82) is 5.41 Å². The second kappa shape index (κ2) is 21.6. The average molecular weight is 584 g/mol.